The summed E-state index contributed by atoms with van der Waals surface area (Å²) in [5.41, 5.74) is 0.835. The Labute approximate surface area is 124 Å². The van der Waals surface area contributed by atoms with Crippen molar-refractivity contribution in [1.82, 2.24) is 0 Å². The zero-order valence-corrected chi connectivity index (χ0v) is 13.8. The van der Waals surface area contributed by atoms with Gasteiger partial charge < -0.3 is 4.74 Å². The van der Waals surface area contributed by atoms with Crippen LogP contribution in [0.3, 0.4) is 0 Å². The van der Waals surface area contributed by atoms with Crippen molar-refractivity contribution < 1.29 is 9.53 Å². The predicted octanol–water partition coefficient (Wildman–Crippen LogP) is 4.40. The number of alkyl halides is 1. The van der Waals surface area contributed by atoms with Gasteiger partial charge in [0.25, 0.3) is 0 Å². The van der Waals surface area contributed by atoms with Crippen LogP contribution >= 0.6 is 15.9 Å². The van der Waals surface area contributed by atoms with Crippen LogP contribution in [0.4, 0.5) is 0 Å². The van der Waals surface area contributed by atoms with Crippen LogP contribution < -0.4 is 4.74 Å². The van der Waals surface area contributed by atoms with Crippen molar-refractivity contribution in [3.05, 3.63) is 29.8 Å². The average molecular weight is 327 g/mol. The summed E-state index contributed by atoms with van der Waals surface area (Å²) in [5, 5.41) is 0. The fourth-order valence-electron chi connectivity index (χ4n) is 1.71. The highest BCUT2D eigenvalue weighted by Crippen LogP contribution is 2.24. The highest BCUT2D eigenvalue weighted by Gasteiger charge is 2.27. The van der Waals surface area contributed by atoms with Crippen molar-refractivity contribution in [3.63, 3.8) is 0 Å². The van der Waals surface area contributed by atoms with Crippen LogP contribution in [0.2, 0.25) is 0 Å². The second-order valence-electron chi connectivity index (χ2n) is 5.78. The van der Waals surface area contributed by atoms with Gasteiger partial charge in [0.2, 0.25) is 0 Å². The fourth-order valence-corrected chi connectivity index (χ4v) is 2.77. The van der Waals surface area contributed by atoms with Crippen LogP contribution in [-0.4, -0.2) is 17.2 Å². The lowest BCUT2D eigenvalue weighted by Crippen LogP contribution is -2.29. The van der Waals surface area contributed by atoms with E-state index in [2.05, 4.69) is 22.9 Å². The maximum atomic E-state index is 12.1. The van der Waals surface area contributed by atoms with Gasteiger partial charge in [-0.05, 0) is 30.5 Å². The maximum absolute atomic E-state index is 12.1. The molecule has 0 saturated carbocycles. The minimum absolute atomic E-state index is 0.130. The van der Waals surface area contributed by atoms with E-state index >= 15 is 0 Å². The summed E-state index contributed by atoms with van der Waals surface area (Å²) in [6, 6.07) is 7.98. The molecule has 1 atom stereocenters. The number of hydrogen-bond donors (Lipinski definition) is 0. The van der Waals surface area contributed by atoms with Gasteiger partial charge in [0.15, 0.2) is 5.78 Å². The van der Waals surface area contributed by atoms with Gasteiger partial charge in [-0.25, -0.2) is 0 Å². The van der Waals surface area contributed by atoms with Gasteiger partial charge in [-0.15, -0.1) is 0 Å². The molecule has 1 rings (SSSR count). The molecule has 3 heteroatoms. The summed E-state index contributed by atoms with van der Waals surface area (Å²) in [6.45, 7) is 8.67. The first kappa shape index (κ1) is 16.2. The Morgan fingerprint density at radius 3 is 2.32 bits per heavy atom. The van der Waals surface area contributed by atoms with Gasteiger partial charge in [0.1, 0.15) is 5.75 Å². The minimum Gasteiger partial charge on any atom is -0.494 e. The van der Waals surface area contributed by atoms with Crippen molar-refractivity contribution in [2.24, 2.45) is 5.41 Å². The Balaban J connectivity index is 2.60. The molecule has 106 valence electrons. The van der Waals surface area contributed by atoms with Crippen LogP contribution in [0.15, 0.2) is 24.3 Å². The first-order chi connectivity index (χ1) is 8.84. The van der Waals surface area contributed by atoms with E-state index in [1.807, 2.05) is 45.0 Å². The van der Waals surface area contributed by atoms with Crippen molar-refractivity contribution >= 4 is 21.7 Å². The maximum Gasteiger partial charge on any atom is 0.152 e. The number of halogens is 1. The summed E-state index contributed by atoms with van der Waals surface area (Å²) >= 11 is 3.50. The molecular weight excluding hydrogens is 304 g/mol. The molecule has 1 aromatic rings. The highest BCUT2D eigenvalue weighted by atomic mass is 79.9. The van der Waals surface area contributed by atoms with E-state index in [1.54, 1.807) is 0 Å². The smallest absolute Gasteiger partial charge is 0.152 e. The monoisotopic (exact) mass is 326 g/mol. The summed E-state index contributed by atoms with van der Waals surface area (Å²) < 4.78 is 5.54. The zero-order valence-electron chi connectivity index (χ0n) is 12.2. The Morgan fingerprint density at radius 1 is 1.26 bits per heavy atom. The average Bonchev–Trinajstić information content (AvgIpc) is 2.36. The largest absolute Gasteiger partial charge is 0.494 e. The second kappa shape index (κ2) is 7.09. The quantitative estimate of drug-likeness (QED) is 0.724. The van der Waals surface area contributed by atoms with Crippen molar-refractivity contribution in [3.8, 4) is 5.75 Å². The van der Waals surface area contributed by atoms with Crippen molar-refractivity contribution in [1.29, 1.82) is 0 Å². The van der Waals surface area contributed by atoms with E-state index in [0.717, 1.165) is 24.3 Å². The lowest BCUT2D eigenvalue weighted by atomic mass is 9.87. The highest BCUT2D eigenvalue weighted by molar-refractivity contribution is 9.10. The summed E-state index contributed by atoms with van der Waals surface area (Å²) in [5.74, 6) is 1.12. The molecule has 0 saturated heterocycles. The number of benzene rings is 1. The molecular formula is C16H23BrO2. The first-order valence-corrected chi connectivity index (χ1v) is 7.66. The second-order valence-corrected chi connectivity index (χ2v) is 6.88. The molecule has 19 heavy (non-hydrogen) atoms. The number of Topliss-reactive ketones (excluding diaryl/α,β-unsaturated/α-hetero) is 1. The Bertz CT molecular complexity index is 404. The molecule has 0 fully saturated rings. The van der Waals surface area contributed by atoms with Crippen LogP contribution in [0, 0.1) is 5.41 Å². The third kappa shape index (κ3) is 5.35. The minimum atomic E-state index is -0.307. The number of carbonyl (C=O) groups is 1. The molecule has 0 bridgehead atoms. The van der Waals surface area contributed by atoms with E-state index in [9.17, 15) is 4.79 Å². The van der Waals surface area contributed by atoms with E-state index in [-0.39, 0.29) is 16.0 Å². The Morgan fingerprint density at radius 2 is 1.84 bits per heavy atom. The number of ether oxygens (including phenoxy) is 1. The van der Waals surface area contributed by atoms with E-state index in [0.29, 0.717) is 6.42 Å². The normalized spacial score (nSPS) is 13.1. The van der Waals surface area contributed by atoms with Gasteiger partial charge in [-0.2, -0.15) is 0 Å². The number of ketones is 1. The fraction of sp³-hybridized carbons (Fsp3) is 0.562. The standard InChI is InChI=1S/C16H23BrO2/c1-5-10-19-13-8-6-12(7-9-13)11-14(17)15(18)16(2,3)4/h6-9,14H,5,10-11H2,1-4H3. The van der Waals surface area contributed by atoms with Gasteiger partial charge in [-0.1, -0.05) is 55.8 Å². The third-order valence-electron chi connectivity index (χ3n) is 2.83. The third-order valence-corrected chi connectivity index (χ3v) is 3.57. The van der Waals surface area contributed by atoms with E-state index < -0.39 is 0 Å². The molecule has 0 amide bonds. The van der Waals surface area contributed by atoms with Gasteiger partial charge in [0, 0.05) is 5.41 Å². The molecule has 0 heterocycles. The van der Waals surface area contributed by atoms with E-state index in [4.69, 9.17) is 4.74 Å². The molecule has 0 aliphatic heterocycles. The van der Waals surface area contributed by atoms with Crippen molar-refractivity contribution in [2.45, 2.75) is 45.4 Å². The molecule has 0 N–H and O–H groups in total. The Hall–Kier alpha value is -0.830. The number of rotatable bonds is 6. The van der Waals surface area contributed by atoms with Crippen LogP contribution in [0.25, 0.3) is 0 Å². The molecule has 1 aromatic carbocycles. The number of carbonyl (C=O) groups excluding carboxylic acids is 1. The predicted molar refractivity (Wildman–Crippen MR) is 83.1 cm³/mol. The van der Waals surface area contributed by atoms with Crippen molar-refractivity contribution in [2.75, 3.05) is 6.61 Å². The molecule has 0 aliphatic carbocycles. The molecule has 2 nitrogen and oxygen atoms in total. The van der Waals surface area contributed by atoms with Crippen LogP contribution in [0.5, 0.6) is 5.75 Å². The lowest BCUT2D eigenvalue weighted by Gasteiger charge is -2.20. The number of hydrogen-bond acceptors (Lipinski definition) is 2. The van der Waals surface area contributed by atoms with Gasteiger partial charge in [0.05, 0.1) is 11.4 Å². The topological polar surface area (TPSA) is 26.3 Å². The summed E-state index contributed by atoms with van der Waals surface area (Å²) in [6.07, 6.45) is 1.72. The van der Waals surface area contributed by atoms with Crippen LogP contribution in [-0.2, 0) is 11.2 Å². The Kier molecular flexibility index (Phi) is 6.05. The lowest BCUT2D eigenvalue weighted by molar-refractivity contribution is -0.125. The van der Waals surface area contributed by atoms with Crippen LogP contribution in [0.1, 0.15) is 39.7 Å². The molecule has 0 aromatic heterocycles. The summed E-state index contributed by atoms with van der Waals surface area (Å²) in [7, 11) is 0. The van der Waals surface area contributed by atoms with Gasteiger partial charge in [-0.3, -0.25) is 4.79 Å². The molecule has 0 aliphatic rings. The SMILES string of the molecule is CCCOc1ccc(CC(Br)C(=O)C(C)(C)C)cc1. The van der Waals surface area contributed by atoms with E-state index in [1.165, 1.54) is 0 Å². The molecule has 1 unspecified atom stereocenters. The molecule has 0 radical (unpaired) electrons. The summed E-state index contributed by atoms with van der Waals surface area (Å²) in [4.78, 5) is 12.0. The first-order valence-electron chi connectivity index (χ1n) is 6.74. The molecule has 0 spiro atoms. The zero-order chi connectivity index (χ0) is 14.5. The van der Waals surface area contributed by atoms with Gasteiger partial charge >= 0.3 is 0 Å².